The maximum atomic E-state index is 9.99. The lowest BCUT2D eigenvalue weighted by atomic mass is 9.90. The third-order valence-electron chi connectivity index (χ3n) is 4.64. The molecule has 8 N–H and O–H groups in total. The molecule has 10 atom stereocenters. The minimum atomic E-state index is -1.63. The summed E-state index contributed by atoms with van der Waals surface area (Å²) < 4.78 is 15.6. The molecule has 0 aromatic carbocycles. The molecule has 0 aliphatic carbocycles. The predicted octanol–water partition coefficient (Wildman–Crippen LogP) is -5.11. The van der Waals surface area contributed by atoms with Gasteiger partial charge >= 0.3 is 0 Å². The van der Waals surface area contributed by atoms with Gasteiger partial charge in [-0.3, -0.25) is 0 Å². The van der Waals surface area contributed by atoms with E-state index in [2.05, 4.69) is 0 Å². The van der Waals surface area contributed by atoms with E-state index in [-0.39, 0.29) is 13.2 Å². The molecule has 2 aliphatic rings. The van der Waals surface area contributed by atoms with Crippen molar-refractivity contribution in [1.82, 2.24) is 0 Å². The zero-order chi connectivity index (χ0) is 18.7. The number of aliphatic hydroxyl groups excluding tert-OH is 8. The normalized spacial score (nSPS) is 48.5. The number of ether oxygens (including phenoxy) is 3. The van der Waals surface area contributed by atoms with Gasteiger partial charge in [-0.05, 0) is 0 Å². The molecule has 11 nitrogen and oxygen atoms in total. The number of hydrogen-bond acceptors (Lipinski definition) is 11. The van der Waals surface area contributed by atoms with Crippen molar-refractivity contribution in [2.45, 2.75) is 55.1 Å². The van der Waals surface area contributed by atoms with Crippen LogP contribution in [0.3, 0.4) is 0 Å². The fourth-order valence-corrected chi connectivity index (χ4v) is 3.02. The van der Waals surface area contributed by atoms with Gasteiger partial charge in [0.05, 0.1) is 38.6 Å². The number of hydrogen-bond donors (Lipinski definition) is 8. The quantitative estimate of drug-likeness (QED) is 0.223. The van der Waals surface area contributed by atoms with Crippen molar-refractivity contribution in [3.8, 4) is 0 Å². The predicted molar refractivity (Wildman–Crippen MR) is 78.1 cm³/mol. The van der Waals surface area contributed by atoms with E-state index in [1.54, 1.807) is 0 Å². The summed E-state index contributed by atoms with van der Waals surface area (Å²) >= 11 is 0. The molecule has 0 aromatic heterocycles. The van der Waals surface area contributed by atoms with E-state index in [9.17, 15) is 35.7 Å². The molecule has 0 aromatic rings. The van der Waals surface area contributed by atoms with Crippen LogP contribution in [0.2, 0.25) is 0 Å². The van der Waals surface area contributed by atoms with E-state index >= 15 is 0 Å². The third-order valence-corrected chi connectivity index (χ3v) is 4.64. The van der Waals surface area contributed by atoms with E-state index in [0.717, 1.165) is 0 Å². The average Bonchev–Trinajstić information content (AvgIpc) is 2.61. The van der Waals surface area contributed by atoms with E-state index < -0.39 is 74.3 Å². The molecule has 0 radical (unpaired) electrons. The van der Waals surface area contributed by atoms with E-state index in [1.165, 1.54) is 0 Å². The van der Waals surface area contributed by atoms with Gasteiger partial charge in [-0.2, -0.15) is 0 Å². The zero-order valence-electron chi connectivity index (χ0n) is 13.4. The van der Waals surface area contributed by atoms with Gasteiger partial charge in [-0.1, -0.05) is 0 Å². The van der Waals surface area contributed by atoms with Crippen LogP contribution in [-0.4, -0.2) is 122 Å². The lowest BCUT2D eigenvalue weighted by molar-refractivity contribution is -0.282. The fraction of sp³-hybridized carbons (Fsp3) is 1.00. The van der Waals surface area contributed by atoms with Crippen molar-refractivity contribution in [1.29, 1.82) is 0 Å². The van der Waals surface area contributed by atoms with Crippen LogP contribution in [0.1, 0.15) is 0 Å². The van der Waals surface area contributed by atoms with Crippen LogP contribution >= 0.6 is 0 Å². The molecule has 0 saturated carbocycles. The molecule has 148 valence electrons. The molecule has 0 amide bonds. The molecule has 2 rings (SSSR count). The molecular formula is C14H26O11. The van der Waals surface area contributed by atoms with Crippen LogP contribution in [0.15, 0.2) is 0 Å². The summed E-state index contributed by atoms with van der Waals surface area (Å²) in [6, 6.07) is 0. The average molecular weight is 370 g/mol. The Bertz CT molecular complexity index is 406. The summed E-state index contributed by atoms with van der Waals surface area (Å²) in [6.07, 6.45) is -12.1. The molecule has 25 heavy (non-hydrogen) atoms. The van der Waals surface area contributed by atoms with Crippen LogP contribution in [0.4, 0.5) is 0 Å². The highest BCUT2D eigenvalue weighted by Gasteiger charge is 2.45. The molecule has 0 bridgehead atoms. The van der Waals surface area contributed by atoms with Crippen molar-refractivity contribution in [3.63, 3.8) is 0 Å². The van der Waals surface area contributed by atoms with Crippen LogP contribution in [0.25, 0.3) is 0 Å². The van der Waals surface area contributed by atoms with Crippen molar-refractivity contribution in [3.05, 3.63) is 0 Å². The summed E-state index contributed by atoms with van der Waals surface area (Å²) in [7, 11) is 0. The molecule has 4 unspecified atom stereocenters. The fourth-order valence-electron chi connectivity index (χ4n) is 3.02. The maximum absolute atomic E-state index is 9.99. The van der Waals surface area contributed by atoms with Crippen LogP contribution in [-0.2, 0) is 14.2 Å². The molecule has 0 spiro atoms. The van der Waals surface area contributed by atoms with Gasteiger partial charge in [0.15, 0.2) is 6.29 Å². The zero-order valence-corrected chi connectivity index (χ0v) is 13.4. The molecule has 11 heteroatoms. The van der Waals surface area contributed by atoms with Crippen molar-refractivity contribution in [2.24, 2.45) is 5.92 Å². The third kappa shape index (κ3) is 4.46. The molecule has 2 saturated heterocycles. The summed E-state index contributed by atoms with van der Waals surface area (Å²) in [5.41, 5.74) is 0. The second-order valence-corrected chi connectivity index (χ2v) is 6.30. The molecular weight excluding hydrogens is 344 g/mol. The Morgan fingerprint density at radius 1 is 0.600 bits per heavy atom. The first kappa shape index (κ1) is 20.9. The van der Waals surface area contributed by atoms with Crippen LogP contribution in [0, 0.1) is 5.92 Å². The Hall–Kier alpha value is -0.440. The highest BCUT2D eigenvalue weighted by atomic mass is 16.6. The molecule has 2 aliphatic heterocycles. The van der Waals surface area contributed by atoms with E-state index in [0.29, 0.717) is 0 Å². The standard InChI is InChI=1S/C14H26O11/c15-1-6-5(9(17)13(21)14(22)25-6)3-23-4-8-11(19)12(20)10(18)7(2-16)24-8/h5-22H,1-4H2/t5-,6?,7?,8-,9-,10+,11?,12-,13?,14-/m1/s1. The maximum Gasteiger partial charge on any atom is 0.183 e. The second-order valence-electron chi connectivity index (χ2n) is 6.30. The Morgan fingerprint density at radius 3 is 1.80 bits per heavy atom. The Labute approximate surface area is 143 Å². The summed E-state index contributed by atoms with van der Waals surface area (Å²) in [5, 5.41) is 76.7. The SMILES string of the molecule is OCC1O[C@@H](O)C(O)[C@H](O)[C@@H]1COC[C@H]1OC(CO)[C@H](O)[C@@H](O)C1O. The van der Waals surface area contributed by atoms with E-state index in [4.69, 9.17) is 19.3 Å². The molecule has 2 fully saturated rings. The van der Waals surface area contributed by atoms with Crippen LogP contribution < -0.4 is 0 Å². The minimum absolute atomic E-state index is 0.203. The van der Waals surface area contributed by atoms with Crippen molar-refractivity contribution < 1.29 is 55.1 Å². The lowest BCUT2D eigenvalue weighted by Crippen LogP contribution is -2.60. The number of aliphatic hydroxyl groups is 8. The van der Waals surface area contributed by atoms with Gasteiger partial charge in [-0.25, -0.2) is 0 Å². The second kappa shape index (κ2) is 8.97. The monoisotopic (exact) mass is 370 g/mol. The lowest BCUT2D eigenvalue weighted by Gasteiger charge is -2.41. The smallest absolute Gasteiger partial charge is 0.183 e. The summed E-state index contributed by atoms with van der Waals surface area (Å²) in [6.45, 7) is -1.53. The largest absolute Gasteiger partial charge is 0.394 e. The van der Waals surface area contributed by atoms with Crippen molar-refractivity contribution >= 4 is 0 Å². The first-order chi connectivity index (χ1) is 11.8. The van der Waals surface area contributed by atoms with Gasteiger partial charge in [0.2, 0.25) is 0 Å². The van der Waals surface area contributed by atoms with Crippen molar-refractivity contribution in [2.75, 3.05) is 26.4 Å². The summed E-state index contributed by atoms with van der Waals surface area (Å²) in [5.74, 6) is -0.853. The van der Waals surface area contributed by atoms with Crippen LogP contribution in [0.5, 0.6) is 0 Å². The first-order valence-corrected chi connectivity index (χ1v) is 8.00. The Morgan fingerprint density at radius 2 is 1.20 bits per heavy atom. The van der Waals surface area contributed by atoms with Gasteiger partial charge in [0.25, 0.3) is 0 Å². The minimum Gasteiger partial charge on any atom is -0.394 e. The number of rotatable bonds is 6. The van der Waals surface area contributed by atoms with Gasteiger partial charge in [0, 0.05) is 5.92 Å². The highest BCUT2D eigenvalue weighted by Crippen LogP contribution is 2.26. The Kier molecular flexibility index (Phi) is 7.49. The summed E-state index contributed by atoms with van der Waals surface area (Å²) in [4.78, 5) is 0. The topological polar surface area (TPSA) is 190 Å². The van der Waals surface area contributed by atoms with Gasteiger partial charge in [0.1, 0.15) is 36.6 Å². The van der Waals surface area contributed by atoms with Gasteiger partial charge in [-0.15, -0.1) is 0 Å². The Balaban J connectivity index is 1.90. The van der Waals surface area contributed by atoms with E-state index in [1.807, 2.05) is 0 Å². The van der Waals surface area contributed by atoms with Gasteiger partial charge < -0.3 is 55.1 Å². The first-order valence-electron chi connectivity index (χ1n) is 8.00. The highest BCUT2D eigenvalue weighted by molar-refractivity contribution is 4.92. The molecule has 2 heterocycles.